The Hall–Kier alpha value is -1.97. The lowest BCUT2D eigenvalue weighted by atomic mass is 10.0. The van der Waals surface area contributed by atoms with Crippen molar-refractivity contribution in [3.63, 3.8) is 0 Å². The van der Waals surface area contributed by atoms with Gasteiger partial charge in [0.05, 0.1) is 5.92 Å². The van der Waals surface area contributed by atoms with E-state index in [-0.39, 0.29) is 17.6 Å². The molecular weight excluding hydrogens is 254 g/mol. The number of phenolic OH excluding ortho intramolecular Hbond substituents is 1. The van der Waals surface area contributed by atoms with Crippen molar-refractivity contribution in [1.82, 2.24) is 4.98 Å². The third-order valence-electron chi connectivity index (χ3n) is 3.09. The maximum Gasteiger partial charge on any atom is 0.309 e. The highest BCUT2D eigenvalue weighted by Gasteiger charge is 2.22. The molecule has 2 aromatic rings. The summed E-state index contributed by atoms with van der Waals surface area (Å²) in [6, 6.07) is 5.18. The largest absolute Gasteiger partial charge is 0.508 e. The zero-order valence-electron chi connectivity index (χ0n) is 12.4. The number of nitrogens with one attached hydrogen (secondary N) is 1. The number of carbonyl (C=O) groups excluding carboxylic acids is 1. The van der Waals surface area contributed by atoms with Gasteiger partial charge in [-0.2, -0.15) is 0 Å². The molecule has 1 aromatic heterocycles. The van der Waals surface area contributed by atoms with Gasteiger partial charge in [0.25, 0.3) is 0 Å². The van der Waals surface area contributed by atoms with Crippen LogP contribution in [0.5, 0.6) is 5.75 Å². The highest BCUT2D eigenvalue weighted by atomic mass is 16.6. The minimum absolute atomic E-state index is 0.202. The van der Waals surface area contributed by atoms with Crippen molar-refractivity contribution in [3.8, 4) is 5.75 Å². The first-order valence-electron chi connectivity index (χ1n) is 6.78. The second-order valence-electron chi connectivity index (χ2n) is 6.18. The molecule has 20 heavy (non-hydrogen) atoms. The number of hydrogen-bond donors (Lipinski definition) is 2. The molecule has 4 heteroatoms. The van der Waals surface area contributed by atoms with E-state index in [1.165, 1.54) is 0 Å². The van der Waals surface area contributed by atoms with Crippen molar-refractivity contribution in [2.24, 2.45) is 5.92 Å². The number of esters is 1. The van der Waals surface area contributed by atoms with E-state index < -0.39 is 5.60 Å². The van der Waals surface area contributed by atoms with E-state index in [2.05, 4.69) is 4.98 Å². The summed E-state index contributed by atoms with van der Waals surface area (Å²) in [5, 5.41) is 10.5. The van der Waals surface area contributed by atoms with Gasteiger partial charge in [0, 0.05) is 17.1 Å². The Morgan fingerprint density at radius 2 is 2.10 bits per heavy atom. The predicted octanol–water partition coefficient (Wildman–Crippen LogP) is 3.39. The molecule has 0 aliphatic carbocycles. The minimum atomic E-state index is -0.468. The summed E-state index contributed by atoms with van der Waals surface area (Å²) in [5.41, 5.74) is 1.49. The first kappa shape index (κ1) is 14.4. The predicted molar refractivity (Wildman–Crippen MR) is 78.7 cm³/mol. The second kappa shape index (κ2) is 5.19. The number of benzene rings is 1. The molecule has 108 valence electrons. The number of aromatic amines is 1. The van der Waals surface area contributed by atoms with Crippen molar-refractivity contribution in [2.45, 2.75) is 39.7 Å². The highest BCUT2D eigenvalue weighted by molar-refractivity contribution is 5.85. The molecule has 0 radical (unpaired) electrons. The van der Waals surface area contributed by atoms with E-state index in [1.807, 2.05) is 40.0 Å². The third kappa shape index (κ3) is 3.32. The quantitative estimate of drug-likeness (QED) is 0.844. The summed E-state index contributed by atoms with van der Waals surface area (Å²) in [4.78, 5) is 15.2. The van der Waals surface area contributed by atoms with E-state index in [9.17, 15) is 9.90 Å². The SMILES string of the molecule is CC(Cc1c[nH]c2ccc(O)cc12)C(=O)OC(C)(C)C. The fourth-order valence-corrected chi connectivity index (χ4v) is 2.15. The van der Waals surface area contributed by atoms with Gasteiger partial charge in [-0.1, -0.05) is 6.92 Å². The summed E-state index contributed by atoms with van der Waals surface area (Å²) in [6.07, 6.45) is 2.46. The van der Waals surface area contributed by atoms with E-state index in [0.29, 0.717) is 6.42 Å². The molecule has 0 aliphatic rings. The van der Waals surface area contributed by atoms with Gasteiger partial charge in [-0.25, -0.2) is 0 Å². The molecule has 1 atom stereocenters. The molecule has 0 spiro atoms. The lowest BCUT2D eigenvalue weighted by Gasteiger charge is -2.22. The van der Waals surface area contributed by atoms with Crippen molar-refractivity contribution in [1.29, 1.82) is 0 Å². The van der Waals surface area contributed by atoms with Crippen molar-refractivity contribution in [3.05, 3.63) is 30.0 Å². The number of ether oxygens (including phenoxy) is 1. The lowest BCUT2D eigenvalue weighted by Crippen LogP contribution is -2.28. The number of hydrogen-bond acceptors (Lipinski definition) is 3. The summed E-state index contributed by atoms with van der Waals surface area (Å²) in [7, 11) is 0. The highest BCUT2D eigenvalue weighted by Crippen LogP contribution is 2.25. The van der Waals surface area contributed by atoms with Crippen molar-refractivity contribution < 1.29 is 14.6 Å². The maximum atomic E-state index is 12.0. The smallest absolute Gasteiger partial charge is 0.309 e. The average molecular weight is 275 g/mol. The van der Waals surface area contributed by atoms with Crippen LogP contribution in [0, 0.1) is 5.92 Å². The van der Waals surface area contributed by atoms with Gasteiger partial charge in [0.1, 0.15) is 11.4 Å². The number of phenols is 1. The Morgan fingerprint density at radius 3 is 2.75 bits per heavy atom. The van der Waals surface area contributed by atoms with Gasteiger partial charge < -0.3 is 14.8 Å². The normalized spacial score (nSPS) is 13.4. The van der Waals surface area contributed by atoms with Crippen LogP contribution in [0.4, 0.5) is 0 Å². The molecule has 0 saturated heterocycles. The molecule has 0 saturated carbocycles. The van der Waals surface area contributed by atoms with Gasteiger partial charge in [0.15, 0.2) is 0 Å². The number of H-pyrrole nitrogens is 1. The summed E-state index contributed by atoms with van der Waals surface area (Å²) in [6.45, 7) is 7.44. The Kier molecular flexibility index (Phi) is 3.75. The zero-order valence-corrected chi connectivity index (χ0v) is 12.4. The topological polar surface area (TPSA) is 62.3 Å². The van der Waals surface area contributed by atoms with Crippen LogP contribution in [0.25, 0.3) is 10.9 Å². The van der Waals surface area contributed by atoms with Crippen LogP contribution in [0.1, 0.15) is 33.3 Å². The molecule has 2 N–H and O–H groups in total. The van der Waals surface area contributed by atoms with Crippen LogP contribution < -0.4 is 0 Å². The van der Waals surface area contributed by atoms with Crippen molar-refractivity contribution in [2.75, 3.05) is 0 Å². The molecule has 0 amide bonds. The van der Waals surface area contributed by atoms with E-state index in [1.54, 1.807) is 12.1 Å². The van der Waals surface area contributed by atoms with E-state index in [0.717, 1.165) is 16.5 Å². The maximum absolute atomic E-state index is 12.0. The van der Waals surface area contributed by atoms with Gasteiger partial charge in [-0.15, -0.1) is 0 Å². The molecule has 4 nitrogen and oxygen atoms in total. The standard InChI is InChI=1S/C16H21NO3/c1-10(15(19)20-16(2,3)4)7-11-9-17-14-6-5-12(18)8-13(11)14/h5-6,8-10,17-18H,7H2,1-4H3. The van der Waals surface area contributed by atoms with Crippen LogP contribution in [-0.4, -0.2) is 21.7 Å². The summed E-state index contributed by atoms with van der Waals surface area (Å²) >= 11 is 0. The molecule has 2 rings (SSSR count). The van der Waals surface area contributed by atoms with Crippen molar-refractivity contribution >= 4 is 16.9 Å². The van der Waals surface area contributed by atoms with Crippen LogP contribution in [-0.2, 0) is 16.0 Å². The number of aromatic nitrogens is 1. The Balaban J connectivity index is 2.15. The van der Waals surface area contributed by atoms with Gasteiger partial charge in [-0.3, -0.25) is 4.79 Å². The fourth-order valence-electron chi connectivity index (χ4n) is 2.15. The molecular formula is C16H21NO3. The first-order chi connectivity index (χ1) is 9.26. The number of carbonyl (C=O) groups is 1. The van der Waals surface area contributed by atoms with Gasteiger partial charge in [-0.05, 0) is 51.0 Å². The lowest BCUT2D eigenvalue weighted by molar-refractivity contribution is -0.159. The average Bonchev–Trinajstić information content (AvgIpc) is 2.69. The Labute approximate surface area is 118 Å². The molecule has 0 fully saturated rings. The molecule has 0 aliphatic heterocycles. The molecule has 0 bridgehead atoms. The van der Waals surface area contributed by atoms with E-state index >= 15 is 0 Å². The van der Waals surface area contributed by atoms with Crippen LogP contribution in [0.3, 0.4) is 0 Å². The zero-order chi connectivity index (χ0) is 14.9. The number of rotatable bonds is 3. The van der Waals surface area contributed by atoms with E-state index in [4.69, 9.17) is 4.74 Å². The van der Waals surface area contributed by atoms with Gasteiger partial charge >= 0.3 is 5.97 Å². The first-order valence-corrected chi connectivity index (χ1v) is 6.78. The third-order valence-corrected chi connectivity index (χ3v) is 3.09. The second-order valence-corrected chi connectivity index (χ2v) is 6.18. The monoisotopic (exact) mass is 275 g/mol. The van der Waals surface area contributed by atoms with Gasteiger partial charge in [0.2, 0.25) is 0 Å². The van der Waals surface area contributed by atoms with Crippen LogP contribution in [0.2, 0.25) is 0 Å². The summed E-state index contributed by atoms with van der Waals surface area (Å²) in [5.74, 6) is -0.203. The number of fused-ring (bicyclic) bond motifs is 1. The van der Waals surface area contributed by atoms with Crippen LogP contribution >= 0.6 is 0 Å². The fraction of sp³-hybridized carbons (Fsp3) is 0.438. The summed E-state index contributed by atoms with van der Waals surface area (Å²) < 4.78 is 5.39. The molecule has 1 unspecified atom stereocenters. The minimum Gasteiger partial charge on any atom is -0.508 e. The number of aromatic hydroxyl groups is 1. The molecule has 1 heterocycles. The Morgan fingerprint density at radius 1 is 1.40 bits per heavy atom. The Bertz CT molecular complexity index is 622. The van der Waals surface area contributed by atoms with Crippen LogP contribution in [0.15, 0.2) is 24.4 Å². The molecule has 1 aromatic carbocycles.